The molecule has 2 rings (SSSR count). The fourth-order valence-electron chi connectivity index (χ4n) is 2.56. The minimum absolute atomic E-state index is 0.207. The molecule has 19 heavy (non-hydrogen) atoms. The van der Waals surface area contributed by atoms with Gasteiger partial charge in [0, 0.05) is 24.5 Å². The lowest BCUT2D eigenvalue weighted by molar-refractivity contribution is -0.128. The summed E-state index contributed by atoms with van der Waals surface area (Å²) in [5.41, 5.74) is 1.46. The van der Waals surface area contributed by atoms with Crippen molar-refractivity contribution in [1.82, 2.24) is 4.90 Å². The largest absolute Gasteiger partial charge is 0.338 e. The first kappa shape index (κ1) is 13.9. The van der Waals surface area contributed by atoms with Crippen molar-refractivity contribution in [2.24, 2.45) is 5.92 Å². The molecule has 1 heterocycles. The first-order valence-electron chi connectivity index (χ1n) is 6.60. The number of benzene rings is 1. The van der Waals surface area contributed by atoms with Crippen LogP contribution in [0.25, 0.3) is 0 Å². The summed E-state index contributed by atoms with van der Waals surface area (Å²) in [4.78, 5) is 13.8. The average molecular weight is 277 g/mol. The Balaban J connectivity index is 2.06. The summed E-state index contributed by atoms with van der Waals surface area (Å²) >= 11 is 6.14. The van der Waals surface area contributed by atoms with Crippen LogP contribution in [0.2, 0.25) is 5.02 Å². The zero-order valence-corrected chi connectivity index (χ0v) is 11.8. The van der Waals surface area contributed by atoms with E-state index < -0.39 is 0 Å². The summed E-state index contributed by atoms with van der Waals surface area (Å²) in [6.07, 6.45) is 2.87. The standard InChI is InChI=1S/C15H17ClN2O/c1-2-3-12-7-15(19)18(9-12)10-13-5-4-11(8-17)6-14(13)16/h4-6,12H,2-3,7,9-10H2,1H3. The van der Waals surface area contributed by atoms with Crippen LogP contribution in [0.5, 0.6) is 0 Å². The highest BCUT2D eigenvalue weighted by atomic mass is 35.5. The van der Waals surface area contributed by atoms with E-state index in [1.165, 1.54) is 0 Å². The van der Waals surface area contributed by atoms with E-state index in [-0.39, 0.29) is 5.91 Å². The molecule has 0 radical (unpaired) electrons. The van der Waals surface area contributed by atoms with E-state index in [1.807, 2.05) is 11.0 Å². The molecule has 1 saturated heterocycles. The number of hydrogen-bond donors (Lipinski definition) is 0. The molecular weight excluding hydrogens is 260 g/mol. The van der Waals surface area contributed by atoms with Gasteiger partial charge in [-0.3, -0.25) is 4.79 Å². The van der Waals surface area contributed by atoms with Crippen LogP contribution in [0.15, 0.2) is 18.2 Å². The Morgan fingerprint density at radius 1 is 1.53 bits per heavy atom. The molecule has 0 saturated carbocycles. The van der Waals surface area contributed by atoms with Gasteiger partial charge in [0.15, 0.2) is 0 Å². The molecule has 1 atom stereocenters. The molecule has 0 N–H and O–H groups in total. The van der Waals surface area contributed by atoms with Crippen molar-refractivity contribution in [3.8, 4) is 6.07 Å². The van der Waals surface area contributed by atoms with Crippen molar-refractivity contribution in [2.75, 3.05) is 6.54 Å². The van der Waals surface area contributed by atoms with Gasteiger partial charge in [-0.2, -0.15) is 5.26 Å². The summed E-state index contributed by atoms with van der Waals surface area (Å²) in [6, 6.07) is 7.29. The van der Waals surface area contributed by atoms with E-state index in [4.69, 9.17) is 16.9 Å². The summed E-state index contributed by atoms with van der Waals surface area (Å²) in [5.74, 6) is 0.688. The summed E-state index contributed by atoms with van der Waals surface area (Å²) < 4.78 is 0. The summed E-state index contributed by atoms with van der Waals surface area (Å²) in [5, 5.41) is 9.36. The van der Waals surface area contributed by atoms with Crippen LogP contribution in [-0.2, 0) is 11.3 Å². The zero-order chi connectivity index (χ0) is 13.8. The Hall–Kier alpha value is -1.53. The van der Waals surface area contributed by atoms with Crippen molar-refractivity contribution in [3.05, 3.63) is 34.3 Å². The van der Waals surface area contributed by atoms with E-state index in [2.05, 4.69) is 13.0 Å². The molecule has 1 aliphatic heterocycles. The Labute approximate surface area is 118 Å². The molecule has 1 aliphatic rings. The molecule has 0 spiro atoms. The van der Waals surface area contributed by atoms with Gasteiger partial charge in [0.05, 0.1) is 11.6 Å². The lowest BCUT2D eigenvalue weighted by atomic mass is 10.0. The number of likely N-dealkylation sites (tertiary alicyclic amines) is 1. The van der Waals surface area contributed by atoms with E-state index in [1.54, 1.807) is 12.1 Å². The van der Waals surface area contributed by atoms with Gasteiger partial charge in [0.2, 0.25) is 5.91 Å². The number of carbonyl (C=O) groups excluding carboxylic acids is 1. The number of halogens is 1. The van der Waals surface area contributed by atoms with Gasteiger partial charge in [0.25, 0.3) is 0 Å². The van der Waals surface area contributed by atoms with E-state index in [0.717, 1.165) is 24.9 Å². The molecule has 1 fully saturated rings. The topological polar surface area (TPSA) is 44.1 Å². The Kier molecular flexibility index (Phi) is 4.44. The van der Waals surface area contributed by atoms with Crippen molar-refractivity contribution in [3.63, 3.8) is 0 Å². The van der Waals surface area contributed by atoms with Crippen LogP contribution >= 0.6 is 11.6 Å². The lowest BCUT2D eigenvalue weighted by Crippen LogP contribution is -2.24. The van der Waals surface area contributed by atoms with Crippen LogP contribution in [0, 0.1) is 17.2 Å². The molecule has 1 amide bonds. The third-order valence-electron chi connectivity index (χ3n) is 3.53. The molecule has 1 aromatic carbocycles. The maximum absolute atomic E-state index is 11.9. The maximum Gasteiger partial charge on any atom is 0.223 e. The molecule has 1 aromatic rings. The fourth-order valence-corrected chi connectivity index (χ4v) is 2.80. The molecule has 1 unspecified atom stereocenters. The summed E-state index contributed by atoms with van der Waals surface area (Å²) in [7, 11) is 0. The van der Waals surface area contributed by atoms with Gasteiger partial charge < -0.3 is 4.90 Å². The van der Waals surface area contributed by atoms with Gasteiger partial charge in [-0.15, -0.1) is 0 Å². The minimum atomic E-state index is 0.207. The molecule has 0 aromatic heterocycles. The molecule has 0 bridgehead atoms. The quantitative estimate of drug-likeness (QED) is 0.846. The predicted octanol–water partition coefficient (Wildman–Crippen LogP) is 3.36. The normalized spacial score (nSPS) is 18.7. The van der Waals surface area contributed by atoms with E-state index in [9.17, 15) is 4.79 Å². The van der Waals surface area contributed by atoms with Crippen molar-refractivity contribution >= 4 is 17.5 Å². The van der Waals surface area contributed by atoms with Crippen LogP contribution in [0.1, 0.15) is 37.3 Å². The van der Waals surface area contributed by atoms with Crippen LogP contribution in [-0.4, -0.2) is 17.4 Å². The van der Waals surface area contributed by atoms with Gasteiger partial charge in [0.1, 0.15) is 0 Å². The van der Waals surface area contributed by atoms with Crippen molar-refractivity contribution in [1.29, 1.82) is 5.26 Å². The second-order valence-electron chi connectivity index (χ2n) is 5.05. The monoisotopic (exact) mass is 276 g/mol. The van der Waals surface area contributed by atoms with Crippen molar-refractivity contribution in [2.45, 2.75) is 32.7 Å². The number of nitrogens with zero attached hydrogens (tertiary/aromatic N) is 2. The number of carbonyl (C=O) groups is 1. The van der Waals surface area contributed by atoms with Crippen LogP contribution in [0.4, 0.5) is 0 Å². The Morgan fingerprint density at radius 2 is 2.32 bits per heavy atom. The third kappa shape index (κ3) is 3.27. The SMILES string of the molecule is CCCC1CC(=O)N(Cc2ccc(C#N)cc2Cl)C1. The molecule has 4 heteroatoms. The molecular formula is C15H17ClN2O. The van der Waals surface area contributed by atoms with Gasteiger partial charge >= 0.3 is 0 Å². The van der Waals surface area contributed by atoms with Gasteiger partial charge in [-0.1, -0.05) is 31.0 Å². The van der Waals surface area contributed by atoms with Crippen LogP contribution in [0.3, 0.4) is 0 Å². The minimum Gasteiger partial charge on any atom is -0.338 e. The average Bonchev–Trinajstić information content (AvgIpc) is 2.73. The van der Waals surface area contributed by atoms with Crippen molar-refractivity contribution < 1.29 is 4.79 Å². The van der Waals surface area contributed by atoms with Crippen LogP contribution < -0.4 is 0 Å². The third-order valence-corrected chi connectivity index (χ3v) is 3.89. The first-order valence-corrected chi connectivity index (χ1v) is 6.98. The number of nitriles is 1. The van der Waals surface area contributed by atoms with E-state index in [0.29, 0.717) is 29.5 Å². The van der Waals surface area contributed by atoms with Gasteiger partial charge in [-0.25, -0.2) is 0 Å². The molecule has 3 nitrogen and oxygen atoms in total. The first-order chi connectivity index (χ1) is 9.13. The second-order valence-corrected chi connectivity index (χ2v) is 5.46. The zero-order valence-electron chi connectivity index (χ0n) is 11.0. The molecule has 0 aliphatic carbocycles. The summed E-state index contributed by atoms with van der Waals surface area (Å²) in [6.45, 7) is 3.51. The maximum atomic E-state index is 11.9. The second kappa shape index (κ2) is 6.08. The fraction of sp³-hybridized carbons (Fsp3) is 0.467. The number of rotatable bonds is 4. The number of amides is 1. The van der Waals surface area contributed by atoms with E-state index >= 15 is 0 Å². The smallest absolute Gasteiger partial charge is 0.223 e. The highest BCUT2D eigenvalue weighted by Gasteiger charge is 2.29. The number of hydrogen-bond acceptors (Lipinski definition) is 2. The lowest BCUT2D eigenvalue weighted by Gasteiger charge is -2.17. The Bertz CT molecular complexity index is 521. The highest BCUT2D eigenvalue weighted by molar-refractivity contribution is 6.31. The molecule has 100 valence electrons. The highest BCUT2D eigenvalue weighted by Crippen LogP contribution is 2.26. The van der Waals surface area contributed by atoms with Gasteiger partial charge in [-0.05, 0) is 30.0 Å². The predicted molar refractivity (Wildman–Crippen MR) is 74.6 cm³/mol. The Morgan fingerprint density at radius 3 is 2.95 bits per heavy atom.